The largest absolute Gasteiger partial charge is 0.397 e. The van der Waals surface area contributed by atoms with Crippen LogP contribution in [0.3, 0.4) is 0 Å². The minimum atomic E-state index is 0.210. The molecule has 0 bridgehead atoms. The van der Waals surface area contributed by atoms with E-state index in [4.69, 9.17) is 10.8 Å². The normalized spacial score (nSPS) is 10.8. The lowest BCUT2D eigenvalue weighted by atomic mass is 10.1. The molecular weight excluding hydrogens is 226 g/mol. The number of aliphatic hydroxyl groups excluding tert-OH is 1. The van der Waals surface area contributed by atoms with E-state index in [0.717, 1.165) is 36.1 Å². The van der Waals surface area contributed by atoms with Gasteiger partial charge in [0.05, 0.1) is 11.2 Å². The number of aromatic nitrogens is 1. The third-order valence-electron chi connectivity index (χ3n) is 3.09. The summed E-state index contributed by atoms with van der Waals surface area (Å²) in [5.41, 5.74) is 8.62. The Hall–Kier alpha value is -1.81. The SMILES string of the molecule is CCN(CCCO)c1ccc(N)c2ncccc12. The molecule has 0 atom stereocenters. The van der Waals surface area contributed by atoms with Crippen molar-refractivity contribution in [2.24, 2.45) is 0 Å². The lowest BCUT2D eigenvalue weighted by molar-refractivity contribution is 0.289. The van der Waals surface area contributed by atoms with Crippen molar-refractivity contribution in [3.05, 3.63) is 30.5 Å². The van der Waals surface area contributed by atoms with Crippen molar-refractivity contribution >= 4 is 22.3 Å². The van der Waals surface area contributed by atoms with Gasteiger partial charge < -0.3 is 15.7 Å². The maximum absolute atomic E-state index is 8.96. The Balaban J connectivity index is 2.46. The molecule has 2 rings (SSSR count). The van der Waals surface area contributed by atoms with Gasteiger partial charge >= 0.3 is 0 Å². The number of nitrogen functional groups attached to an aromatic ring is 1. The van der Waals surface area contributed by atoms with Crippen LogP contribution in [0.2, 0.25) is 0 Å². The maximum atomic E-state index is 8.96. The molecule has 0 saturated carbocycles. The zero-order valence-electron chi connectivity index (χ0n) is 10.6. The van der Waals surface area contributed by atoms with Gasteiger partial charge in [0, 0.05) is 37.0 Å². The Morgan fingerprint density at radius 3 is 2.89 bits per heavy atom. The van der Waals surface area contributed by atoms with E-state index in [1.165, 1.54) is 0 Å². The summed E-state index contributed by atoms with van der Waals surface area (Å²) in [6.07, 6.45) is 2.52. The topological polar surface area (TPSA) is 62.4 Å². The number of hydrogen-bond acceptors (Lipinski definition) is 4. The van der Waals surface area contributed by atoms with Gasteiger partial charge in [0.25, 0.3) is 0 Å². The van der Waals surface area contributed by atoms with Gasteiger partial charge in [-0.05, 0) is 37.6 Å². The van der Waals surface area contributed by atoms with E-state index in [1.807, 2.05) is 24.3 Å². The Kier molecular flexibility index (Phi) is 3.99. The number of nitrogens with zero attached hydrogens (tertiary/aromatic N) is 2. The lowest BCUT2D eigenvalue weighted by Gasteiger charge is -2.24. The molecule has 1 aromatic carbocycles. The second kappa shape index (κ2) is 5.69. The smallest absolute Gasteiger partial charge is 0.0951 e. The number of pyridine rings is 1. The number of fused-ring (bicyclic) bond motifs is 1. The van der Waals surface area contributed by atoms with Crippen LogP contribution in [0.15, 0.2) is 30.5 Å². The highest BCUT2D eigenvalue weighted by Gasteiger charge is 2.10. The van der Waals surface area contributed by atoms with E-state index in [1.54, 1.807) is 6.20 Å². The number of rotatable bonds is 5. The van der Waals surface area contributed by atoms with Crippen molar-refractivity contribution in [1.82, 2.24) is 4.98 Å². The molecule has 18 heavy (non-hydrogen) atoms. The number of nitrogens with two attached hydrogens (primary N) is 1. The van der Waals surface area contributed by atoms with E-state index in [-0.39, 0.29) is 6.61 Å². The quantitative estimate of drug-likeness (QED) is 0.791. The van der Waals surface area contributed by atoms with Crippen LogP contribution >= 0.6 is 0 Å². The second-order valence-electron chi connectivity index (χ2n) is 4.23. The van der Waals surface area contributed by atoms with E-state index in [2.05, 4.69) is 16.8 Å². The van der Waals surface area contributed by atoms with Crippen LogP contribution < -0.4 is 10.6 Å². The van der Waals surface area contributed by atoms with E-state index < -0.39 is 0 Å². The number of anilines is 2. The zero-order chi connectivity index (χ0) is 13.0. The number of hydrogen-bond donors (Lipinski definition) is 2. The van der Waals surface area contributed by atoms with Gasteiger partial charge in [-0.15, -0.1) is 0 Å². The minimum Gasteiger partial charge on any atom is -0.397 e. The summed E-state index contributed by atoms with van der Waals surface area (Å²) in [5.74, 6) is 0. The molecule has 0 fully saturated rings. The summed E-state index contributed by atoms with van der Waals surface area (Å²) >= 11 is 0. The third-order valence-corrected chi connectivity index (χ3v) is 3.09. The fourth-order valence-corrected chi connectivity index (χ4v) is 2.17. The van der Waals surface area contributed by atoms with Crippen molar-refractivity contribution in [2.45, 2.75) is 13.3 Å². The molecule has 1 aromatic heterocycles. The van der Waals surface area contributed by atoms with Crippen molar-refractivity contribution in [3.8, 4) is 0 Å². The molecule has 4 nitrogen and oxygen atoms in total. The molecule has 2 aromatic rings. The van der Waals surface area contributed by atoms with Crippen molar-refractivity contribution < 1.29 is 5.11 Å². The molecule has 0 saturated heterocycles. The average Bonchev–Trinajstić information content (AvgIpc) is 2.42. The van der Waals surface area contributed by atoms with Gasteiger partial charge in [0.2, 0.25) is 0 Å². The highest BCUT2D eigenvalue weighted by atomic mass is 16.3. The molecule has 4 heteroatoms. The van der Waals surface area contributed by atoms with Gasteiger partial charge in [-0.1, -0.05) is 0 Å². The second-order valence-corrected chi connectivity index (χ2v) is 4.23. The molecule has 0 spiro atoms. The molecular formula is C14H19N3O. The summed E-state index contributed by atoms with van der Waals surface area (Å²) in [7, 11) is 0. The zero-order valence-corrected chi connectivity index (χ0v) is 10.6. The van der Waals surface area contributed by atoms with Crippen LogP contribution in [0.1, 0.15) is 13.3 Å². The van der Waals surface area contributed by atoms with E-state index >= 15 is 0 Å². The summed E-state index contributed by atoms with van der Waals surface area (Å²) < 4.78 is 0. The van der Waals surface area contributed by atoms with Crippen LogP contribution in [0.5, 0.6) is 0 Å². The predicted molar refractivity (Wildman–Crippen MR) is 75.7 cm³/mol. The molecule has 1 heterocycles. The van der Waals surface area contributed by atoms with Crippen LogP contribution in [-0.4, -0.2) is 29.8 Å². The van der Waals surface area contributed by atoms with Gasteiger partial charge in [-0.2, -0.15) is 0 Å². The van der Waals surface area contributed by atoms with E-state index in [0.29, 0.717) is 5.69 Å². The van der Waals surface area contributed by atoms with Crippen LogP contribution in [0.4, 0.5) is 11.4 Å². The van der Waals surface area contributed by atoms with Gasteiger partial charge in [-0.25, -0.2) is 0 Å². The Morgan fingerprint density at radius 2 is 2.17 bits per heavy atom. The highest BCUT2D eigenvalue weighted by molar-refractivity contribution is 5.98. The van der Waals surface area contributed by atoms with Gasteiger partial charge in [0.15, 0.2) is 0 Å². The first-order valence-corrected chi connectivity index (χ1v) is 6.27. The molecule has 0 unspecified atom stereocenters. The van der Waals surface area contributed by atoms with Crippen molar-refractivity contribution in [1.29, 1.82) is 0 Å². The molecule has 0 aliphatic heterocycles. The number of benzene rings is 1. The van der Waals surface area contributed by atoms with E-state index in [9.17, 15) is 0 Å². The first-order chi connectivity index (χ1) is 8.77. The maximum Gasteiger partial charge on any atom is 0.0951 e. The monoisotopic (exact) mass is 245 g/mol. The minimum absolute atomic E-state index is 0.210. The molecule has 0 aliphatic carbocycles. The van der Waals surface area contributed by atoms with Crippen LogP contribution in [0, 0.1) is 0 Å². The first kappa shape index (κ1) is 12.6. The van der Waals surface area contributed by atoms with Crippen molar-refractivity contribution in [3.63, 3.8) is 0 Å². The Bertz CT molecular complexity index is 527. The van der Waals surface area contributed by atoms with Gasteiger partial charge in [-0.3, -0.25) is 4.98 Å². The molecule has 0 amide bonds. The van der Waals surface area contributed by atoms with Crippen molar-refractivity contribution in [2.75, 3.05) is 30.3 Å². The van der Waals surface area contributed by atoms with Crippen LogP contribution in [0.25, 0.3) is 10.9 Å². The molecule has 96 valence electrons. The Morgan fingerprint density at radius 1 is 1.33 bits per heavy atom. The fraction of sp³-hybridized carbons (Fsp3) is 0.357. The highest BCUT2D eigenvalue weighted by Crippen LogP contribution is 2.29. The number of aliphatic hydroxyl groups is 1. The predicted octanol–water partition coefficient (Wildman–Crippen LogP) is 2.03. The molecule has 3 N–H and O–H groups in total. The molecule has 0 radical (unpaired) electrons. The standard InChI is InChI=1S/C14H19N3O/c1-2-17(9-4-10-18)13-7-6-12(15)14-11(13)5-3-8-16-14/h3,5-8,18H,2,4,9-10,15H2,1H3. The fourth-order valence-electron chi connectivity index (χ4n) is 2.17. The average molecular weight is 245 g/mol. The summed E-state index contributed by atoms with van der Waals surface area (Å²) in [6.45, 7) is 4.05. The third kappa shape index (κ3) is 2.38. The van der Waals surface area contributed by atoms with Gasteiger partial charge in [0.1, 0.15) is 0 Å². The Labute approximate surface area is 107 Å². The van der Waals surface area contributed by atoms with Crippen LogP contribution in [-0.2, 0) is 0 Å². The molecule has 0 aliphatic rings. The first-order valence-electron chi connectivity index (χ1n) is 6.27. The lowest BCUT2D eigenvalue weighted by Crippen LogP contribution is -2.24. The summed E-state index contributed by atoms with van der Waals surface area (Å²) in [5, 5.41) is 10.0. The summed E-state index contributed by atoms with van der Waals surface area (Å²) in [6, 6.07) is 7.88. The summed E-state index contributed by atoms with van der Waals surface area (Å²) in [4.78, 5) is 6.57.